The van der Waals surface area contributed by atoms with Crippen molar-refractivity contribution < 1.29 is 5.11 Å². The standard InChI is InChI=1S/C19H16ClNO/c20-17-11-9-15(10-12-17)14-19(22,16-6-2-1-3-7-16)18-8-4-5-13-21-18/h1-13,22H,14H2/t19-/m1/s1. The molecule has 2 aromatic carbocycles. The fourth-order valence-electron chi connectivity index (χ4n) is 2.56. The highest BCUT2D eigenvalue weighted by Crippen LogP contribution is 2.32. The van der Waals surface area contributed by atoms with Gasteiger partial charge in [-0.2, -0.15) is 0 Å². The smallest absolute Gasteiger partial charge is 0.135 e. The zero-order valence-corrected chi connectivity index (χ0v) is 12.7. The molecule has 0 saturated heterocycles. The summed E-state index contributed by atoms with van der Waals surface area (Å²) in [5.41, 5.74) is 1.29. The molecular weight excluding hydrogens is 294 g/mol. The number of rotatable bonds is 4. The molecule has 1 N–H and O–H groups in total. The molecule has 3 rings (SSSR count). The van der Waals surface area contributed by atoms with Gasteiger partial charge >= 0.3 is 0 Å². The third-order valence-electron chi connectivity index (χ3n) is 3.71. The summed E-state index contributed by atoms with van der Waals surface area (Å²) in [6.45, 7) is 0. The lowest BCUT2D eigenvalue weighted by Gasteiger charge is -2.28. The first kappa shape index (κ1) is 14.8. The summed E-state index contributed by atoms with van der Waals surface area (Å²) >= 11 is 5.94. The summed E-state index contributed by atoms with van der Waals surface area (Å²) in [4.78, 5) is 4.36. The van der Waals surface area contributed by atoms with E-state index in [1.165, 1.54) is 0 Å². The quantitative estimate of drug-likeness (QED) is 0.783. The second-order valence-corrected chi connectivity index (χ2v) is 5.68. The van der Waals surface area contributed by atoms with Crippen molar-refractivity contribution in [2.45, 2.75) is 12.0 Å². The fraction of sp³-hybridized carbons (Fsp3) is 0.105. The maximum atomic E-state index is 11.4. The Morgan fingerprint density at radius 2 is 1.55 bits per heavy atom. The van der Waals surface area contributed by atoms with Crippen LogP contribution in [0.3, 0.4) is 0 Å². The molecule has 2 nitrogen and oxygen atoms in total. The van der Waals surface area contributed by atoms with Gasteiger partial charge in [0.25, 0.3) is 0 Å². The van der Waals surface area contributed by atoms with E-state index < -0.39 is 5.60 Å². The number of aliphatic hydroxyl groups is 1. The first-order valence-electron chi connectivity index (χ1n) is 7.12. The van der Waals surface area contributed by atoms with E-state index in [4.69, 9.17) is 11.6 Å². The number of benzene rings is 2. The molecule has 0 amide bonds. The van der Waals surface area contributed by atoms with Gasteiger partial charge in [-0.05, 0) is 35.4 Å². The third kappa shape index (κ3) is 3.03. The van der Waals surface area contributed by atoms with E-state index in [0.717, 1.165) is 11.1 Å². The highest BCUT2D eigenvalue weighted by atomic mass is 35.5. The number of hydrogen-bond donors (Lipinski definition) is 1. The van der Waals surface area contributed by atoms with Gasteiger partial charge in [0.15, 0.2) is 0 Å². The van der Waals surface area contributed by atoms with Crippen LogP contribution in [-0.4, -0.2) is 10.1 Å². The van der Waals surface area contributed by atoms with Gasteiger partial charge in [-0.3, -0.25) is 4.98 Å². The lowest BCUT2D eigenvalue weighted by molar-refractivity contribution is 0.0765. The van der Waals surface area contributed by atoms with Crippen molar-refractivity contribution in [3.63, 3.8) is 0 Å². The van der Waals surface area contributed by atoms with Gasteiger partial charge in [0.05, 0.1) is 5.69 Å². The highest BCUT2D eigenvalue weighted by Gasteiger charge is 2.33. The maximum absolute atomic E-state index is 11.4. The normalized spacial score (nSPS) is 13.5. The Kier molecular flexibility index (Phi) is 4.23. The summed E-state index contributed by atoms with van der Waals surface area (Å²) in [6.07, 6.45) is 2.14. The van der Waals surface area contributed by atoms with Gasteiger partial charge in [-0.15, -0.1) is 0 Å². The molecule has 22 heavy (non-hydrogen) atoms. The molecule has 0 saturated carbocycles. The average molecular weight is 310 g/mol. The van der Waals surface area contributed by atoms with E-state index in [9.17, 15) is 5.11 Å². The lowest BCUT2D eigenvalue weighted by Crippen LogP contribution is -2.31. The van der Waals surface area contributed by atoms with Crippen LogP contribution in [0, 0.1) is 0 Å². The minimum absolute atomic E-state index is 0.436. The second kappa shape index (κ2) is 6.30. The van der Waals surface area contributed by atoms with Crippen molar-refractivity contribution in [3.8, 4) is 0 Å². The van der Waals surface area contributed by atoms with Crippen LogP contribution in [0.2, 0.25) is 5.02 Å². The van der Waals surface area contributed by atoms with Crippen molar-refractivity contribution >= 4 is 11.6 Å². The molecule has 0 fully saturated rings. The minimum Gasteiger partial charge on any atom is -0.378 e. The average Bonchev–Trinajstić information content (AvgIpc) is 2.58. The number of nitrogens with zero attached hydrogens (tertiary/aromatic N) is 1. The molecule has 1 aromatic heterocycles. The first-order valence-corrected chi connectivity index (χ1v) is 7.50. The van der Waals surface area contributed by atoms with Crippen LogP contribution in [0.15, 0.2) is 79.0 Å². The second-order valence-electron chi connectivity index (χ2n) is 5.24. The molecule has 0 spiro atoms. The highest BCUT2D eigenvalue weighted by molar-refractivity contribution is 6.30. The minimum atomic E-state index is -1.17. The van der Waals surface area contributed by atoms with Gasteiger partial charge < -0.3 is 5.11 Å². The van der Waals surface area contributed by atoms with Gasteiger partial charge in [-0.1, -0.05) is 60.1 Å². The molecule has 0 aliphatic heterocycles. The summed E-state index contributed by atoms with van der Waals surface area (Å²) in [7, 11) is 0. The van der Waals surface area contributed by atoms with Crippen molar-refractivity contribution in [3.05, 3.63) is 101 Å². The summed E-state index contributed by atoms with van der Waals surface area (Å²) in [5, 5.41) is 12.1. The van der Waals surface area contributed by atoms with Crippen molar-refractivity contribution in [2.75, 3.05) is 0 Å². The fourth-order valence-corrected chi connectivity index (χ4v) is 2.69. The topological polar surface area (TPSA) is 33.1 Å². The lowest BCUT2D eigenvalue weighted by atomic mass is 9.84. The van der Waals surface area contributed by atoms with Crippen LogP contribution < -0.4 is 0 Å². The van der Waals surface area contributed by atoms with Crippen LogP contribution >= 0.6 is 11.6 Å². The molecule has 0 aliphatic carbocycles. The van der Waals surface area contributed by atoms with E-state index in [1.54, 1.807) is 6.20 Å². The molecule has 0 aliphatic rings. The van der Waals surface area contributed by atoms with Crippen molar-refractivity contribution in [2.24, 2.45) is 0 Å². The predicted octanol–water partition coefficient (Wildman–Crippen LogP) is 4.21. The third-order valence-corrected chi connectivity index (χ3v) is 3.97. The Labute approximate surface area is 135 Å². The Hall–Kier alpha value is -2.16. The Morgan fingerprint density at radius 1 is 0.864 bits per heavy atom. The number of halogens is 1. The molecule has 110 valence electrons. The van der Waals surface area contributed by atoms with E-state index in [2.05, 4.69) is 4.98 Å². The first-order chi connectivity index (χ1) is 10.7. The Bertz CT molecular complexity index is 687. The van der Waals surface area contributed by atoms with E-state index in [-0.39, 0.29) is 0 Å². The Balaban J connectivity index is 2.05. The van der Waals surface area contributed by atoms with Crippen molar-refractivity contribution in [1.29, 1.82) is 0 Å². The monoisotopic (exact) mass is 309 g/mol. The van der Waals surface area contributed by atoms with Crippen molar-refractivity contribution in [1.82, 2.24) is 4.98 Å². The van der Waals surface area contributed by atoms with Gasteiger partial charge in [0.2, 0.25) is 0 Å². The molecular formula is C19H16ClNO. The molecule has 0 bridgehead atoms. The Morgan fingerprint density at radius 3 is 2.18 bits per heavy atom. The molecule has 1 atom stereocenters. The number of aromatic nitrogens is 1. The summed E-state index contributed by atoms with van der Waals surface area (Å²) < 4.78 is 0. The van der Waals surface area contributed by atoms with Crippen LogP contribution in [0.4, 0.5) is 0 Å². The predicted molar refractivity (Wildman–Crippen MR) is 88.8 cm³/mol. The number of hydrogen-bond acceptors (Lipinski definition) is 2. The zero-order valence-electron chi connectivity index (χ0n) is 12.0. The molecule has 3 heteroatoms. The largest absolute Gasteiger partial charge is 0.378 e. The summed E-state index contributed by atoms with van der Waals surface area (Å²) in [6, 6.07) is 22.7. The SMILES string of the molecule is O[C@](Cc1ccc(Cl)cc1)(c1ccccc1)c1ccccn1. The van der Waals surface area contributed by atoms with Gasteiger partial charge in [0, 0.05) is 17.6 Å². The van der Waals surface area contributed by atoms with E-state index in [1.807, 2.05) is 72.8 Å². The van der Waals surface area contributed by atoms with Crippen LogP contribution in [-0.2, 0) is 12.0 Å². The molecule has 0 radical (unpaired) electrons. The molecule has 1 heterocycles. The van der Waals surface area contributed by atoms with Crippen LogP contribution in [0.1, 0.15) is 16.8 Å². The number of pyridine rings is 1. The molecule has 0 unspecified atom stereocenters. The van der Waals surface area contributed by atoms with Crippen LogP contribution in [0.5, 0.6) is 0 Å². The molecule has 3 aromatic rings. The maximum Gasteiger partial charge on any atom is 0.135 e. The van der Waals surface area contributed by atoms with E-state index in [0.29, 0.717) is 17.1 Å². The van der Waals surface area contributed by atoms with Gasteiger partial charge in [-0.25, -0.2) is 0 Å². The zero-order chi connectivity index (χ0) is 15.4. The summed E-state index contributed by atoms with van der Waals surface area (Å²) in [5.74, 6) is 0. The van der Waals surface area contributed by atoms with E-state index >= 15 is 0 Å². The van der Waals surface area contributed by atoms with Gasteiger partial charge in [0.1, 0.15) is 5.60 Å². The van der Waals surface area contributed by atoms with Crippen LogP contribution in [0.25, 0.3) is 0 Å².